The number of aromatic nitrogens is 3. The molecule has 0 unspecified atom stereocenters. The molecular weight excluding hydrogens is 334 g/mol. The summed E-state index contributed by atoms with van der Waals surface area (Å²) < 4.78 is 1.38. The number of nitrogens with one attached hydrogen (secondary N) is 2. The maximum atomic E-state index is 12.3. The lowest BCUT2D eigenvalue weighted by atomic mass is 10.2. The zero-order valence-electron chi connectivity index (χ0n) is 14.5. The van der Waals surface area contributed by atoms with E-state index in [9.17, 15) is 14.7 Å². The molecule has 3 aromatic rings. The Labute approximate surface area is 149 Å². The summed E-state index contributed by atoms with van der Waals surface area (Å²) in [6.45, 7) is 2.73. The Morgan fingerprint density at radius 3 is 2.92 bits per heavy atom. The third-order valence-electron chi connectivity index (χ3n) is 4.11. The maximum absolute atomic E-state index is 12.3. The zero-order chi connectivity index (χ0) is 18.7. The van der Waals surface area contributed by atoms with Crippen LogP contribution >= 0.6 is 0 Å². The predicted molar refractivity (Wildman–Crippen MR) is 99.6 cm³/mol. The fourth-order valence-corrected chi connectivity index (χ4v) is 2.78. The van der Waals surface area contributed by atoms with Gasteiger partial charge in [0.25, 0.3) is 11.5 Å². The molecule has 0 aliphatic rings. The summed E-state index contributed by atoms with van der Waals surface area (Å²) in [5, 5.41) is 16.9. The van der Waals surface area contributed by atoms with E-state index in [2.05, 4.69) is 22.3 Å². The van der Waals surface area contributed by atoms with Gasteiger partial charge in [0.05, 0.1) is 5.69 Å². The number of fused-ring (bicyclic) bond motifs is 1. The maximum Gasteiger partial charge on any atom is 0.263 e. The van der Waals surface area contributed by atoms with Gasteiger partial charge in [0.15, 0.2) is 5.88 Å². The number of hydrogen-bond acceptors (Lipinski definition) is 5. The summed E-state index contributed by atoms with van der Waals surface area (Å²) in [6.07, 6.45) is 3.09. The number of nitrogens with zero attached hydrogens (tertiary/aromatic N) is 2. The van der Waals surface area contributed by atoms with E-state index in [1.165, 1.54) is 10.7 Å². The number of benzene rings is 1. The monoisotopic (exact) mass is 355 g/mol. The van der Waals surface area contributed by atoms with Gasteiger partial charge in [0.1, 0.15) is 16.7 Å². The summed E-state index contributed by atoms with van der Waals surface area (Å²) in [6, 6.07) is 8.16. The van der Waals surface area contributed by atoms with Gasteiger partial charge >= 0.3 is 0 Å². The van der Waals surface area contributed by atoms with Gasteiger partial charge in [-0.15, -0.1) is 0 Å². The first-order chi connectivity index (χ1) is 12.5. The van der Waals surface area contributed by atoms with Gasteiger partial charge in [-0.2, -0.15) is 5.10 Å². The first-order valence-electron chi connectivity index (χ1n) is 8.50. The van der Waals surface area contributed by atoms with Gasteiger partial charge in [-0.25, -0.2) is 4.68 Å². The second-order valence-corrected chi connectivity index (χ2v) is 6.05. The molecule has 0 fully saturated rings. The van der Waals surface area contributed by atoms with Crippen molar-refractivity contribution in [3.05, 3.63) is 46.2 Å². The van der Waals surface area contributed by atoms with Gasteiger partial charge in [0, 0.05) is 18.2 Å². The van der Waals surface area contributed by atoms with Crippen LogP contribution in [0.4, 0.5) is 5.82 Å². The fraction of sp³-hybridized carbons (Fsp3) is 0.278. The van der Waals surface area contributed by atoms with Gasteiger partial charge < -0.3 is 16.2 Å². The van der Waals surface area contributed by atoms with Crippen molar-refractivity contribution in [1.29, 1.82) is 0 Å². The Bertz CT molecular complexity index is 1010. The minimum atomic E-state index is -0.520. The first-order valence-corrected chi connectivity index (χ1v) is 8.50. The quantitative estimate of drug-likeness (QED) is 0.503. The summed E-state index contributed by atoms with van der Waals surface area (Å²) in [5.74, 6) is -0.317. The number of anilines is 1. The lowest BCUT2D eigenvalue weighted by Crippen LogP contribution is -2.24. The molecule has 136 valence electrons. The minimum Gasteiger partial charge on any atom is -0.494 e. The third-order valence-corrected chi connectivity index (χ3v) is 4.11. The highest BCUT2D eigenvalue weighted by Crippen LogP contribution is 2.23. The van der Waals surface area contributed by atoms with Crippen molar-refractivity contribution in [3.63, 3.8) is 0 Å². The molecule has 3 rings (SSSR count). The molecule has 0 radical (unpaired) electrons. The largest absolute Gasteiger partial charge is 0.494 e. The Kier molecular flexibility index (Phi) is 4.92. The second-order valence-electron chi connectivity index (χ2n) is 6.05. The zero-order valence-corrected chi connectivity index (χ0v) is 14.5. The molecule has 8 nitrogen and oxygen atoms in total. The number of nitrogens with two attached hydrogens (primary N) is 1. The normalized spacial score (nSPS) is 11.0. The smallest absolute Gasteiger partial charge is 0.263 e. The fourth-order valence-electron chi connectivity index (χ4n) is 2.78. The molecule has 1 amide bonds. The molecular formula is C18H21N5O3. The van der Waals surface area contributed by atoms with Gasteiger partial charge in [-0.1, -0.05) is 25.8 Å². The van der Waals surface area contributed by atoms with Crippen LogP contribution in [0.15, 0.2) is 35.1 Å². The molecule has 0 spiro atoms. The number of amides is 1. The predicted octanol–water partition coefficient (Wildman–Crippen LogP) is 1.92. The average molecular weight is 355 g/mol. The number of hydrogen-bond donors (Lipinski definition) is 4. The average Bonchev–Trinajstić information content (AvgIpc) is 2.95. The summed E-state index contributed by atoms with van der Waals surface area (Å²) in [5.41, 5.74) is 6.85. The number of aromatic amines is 1. The minimum absolute atomic E-state index is 0.141. The number of pyridine rings is 1. The van der Waals surface area contributed by atoms with Crippen LogP contribution in [0.1, 0.15) is 36.5 Å². The highest BCUT2D eigenvalue weighted by Gasteiger charge is 2.15. The van der Waals surface area contributed by atoms with Crippen LogP contribution in [-0.4, -0.2) is 32.3 Å². The van der Waals surface area contributed by atoms with E-state index in [-0.39, 0.29) is 28.5 Å². The molecule has 0 saturated heterocycles. The molecule has 0 saturated carbocycles. The van der Waals surface area contributed by atoms with Crippen molar-refractivity contribution in [2.75, 3.05) is 12.3 Å². The summed E-state index contributed by atoms with van der Waals surface area (Å²) in [7, 11) is 0. The molecule has 0 aliphatic carbocycles. The van der Waals surface area contributed by atoms with E-state index >= 15 is 0 Å². The first kappa shape index (κ1) is 17.5. The molecule has 2 aromatic heterocycles. The van der Waals surface area contributed by atoms with Crippen molar-refractivity contribution >= 4 is 22.6 Å². The van der Waals surface area contributed by atoms with Gasteiger partial charge in [-0.05, 0) is 24.6 Å². The van der Waals surface area contributed by atoms with Gasteiger partial charge in [-0.3, -0.25) is 14.6 Å². The lowest BCUT2D eigenvalue weighted by molar-refractivity contribution is 0.0953. The van der Waals surface area contributed by atoms with Crippen LogP contribution in [0, 0.1) is 0 Å². The highest BCUT2D eigenvalue weighted by atomic mass is 16.3. The Balaban J connectivity index is 1.92. The molecule has 1 aromatic carbocycles. The van der Waals surface area contributed by atoms with Gasteiger partial charge in [0.2, 0.25) is 0 Å². The lowest BCUT2D eigenvalue weighted by Gasteiger charge is -2.08. The van der Waals surface area contributed by atoms with Crippen LogP contribution in [0.5, 0.6) is 5.88 Å². The molecule has 0 aliphatic heterocycles. The van der Waals surface area contributed by atoms with E-state index in [0.29, 0.717) is 17.8 Å². The van der Waals surface area contributed by atoms with E-state index in [1.807, 2.05) is 0 Å². The number of carbonyl (C=O) groups is 1. The van der Waals surface area contributed by atoms with Crippen molar-refractivity contribution in [2.24, 2.45) is 0 Å². The number of aromatic hydroxyl groups is 1. The van der Waals surface area contributed by atoms with Crippen LogP contribution in [0.2, 0.25) is 0 Å². The molecule has 2 heterocycles. The van der Waals surface area contributed by atoms with Crippen molar-refractivity contribution in [3.8, 4) is 11.6 Å². The number of carbonyl (C=O) groups excluding carboxylic acids is 1. The van der Waals surface area contributed by atoms with Crippen LogP contribution in [0.25, 0.3) is 16.6 Å². The highest BCUT2D eigenvalue weighted by molar-refractivity contribution is 5.95. The SMILES string of the molecule is CCCCCNC(=O)c1cccc(-n2nc3cc(O)[nH]c(=O)c3c2N)c1. The van der Waals surface area contributed by atoms with E-state index in [1.54, 1.807) is 24.3 Å². The number of nitrogen functional groups attached to an aromatic ring is 1. The molecule has 0 atom stereocenters. The Hall–Kier alpha value is -3.29. The molecule has 5 N–H and O–H groups in total. The van der Waals surface area contributed by atoms with Crippen LogP contribution in [-0.2, 0) is 0 Å². The Morgan fingerprint density at radius 1 is 1.35 bits per heavy atom. The number of unbranched alkanes of at least 4 members (excludes halogenated alkanes) is 2. The summed E-state index contributed by atoms with van der Waals surface area (Å²) in [4.78, 5) is 26.6. The van der Waals surface area contributed by atoms with Crippen molar-refractivity contribution in [2.45, 2.75) is 26.2 Å². The molecule has 8 heteroatoms. The summed E-state index contributed by atoms with van der Waals surface area (Å²) >= 11 is 0. The standard InChI is InChI=1S/C18H21N5O3/c1-2-3-4-8-20-17(25)11-6-5-7-12(9-11)23-16(19)15-13(22-23)10-14(24)21-18(15)26/h5-7,9-10,24H,2-4,8,19H2,1H3,(H,20,25)(H,21,26). The topological polar surface area (TPSA) is 126 Å². The van der Waals surface area contributed by atoms with E-state index < -0.39 is 5.56 Å². The van der Waals surface area contributed by atoms with Crippen LogP contribution in [0.3, 0.4) is 0 Å². The number of rotatable bonds is 6. The third kappa shape index (κ3) is 3.39. The van der Waals surface area contributed by atoms with E-state index in [0.717, 1.165) is 19.3 Å². The second kappa shape index (κ2) is 7.30. The number of H-pyrrole nitrogens is 1. The van der Waals surface area contributed by atoms with E-state index in [4.69, 9.17) is 5.73 Å². The van der Waals surface area contributed by atoms with Crippen LogP contribution < -0.4 is 16.6 Å². The van der Waals surface area contributed by atoms with Crippen molar-refractivity contribution < 1.29 is 9.90 Å². The Morgan fingerprint density at radius 2 is 2.15 bits per heavy atom. The molecule has 0 bridgehead atoms. The van der Waals surface area contributed by atoms with Crippen molar-refractivity contribution in [1.82, 2.24) is 20.1 Å². The molecule has 26 heavy (non-hydrogen) atoms.